The zero-order chi connectivity index (χ0) is 24.3. The van der Waals surface area contributed by atoms with Crippen molar-refractivity contribution in [1.29, 1.82) is 0 Å². The first kappa shape index (κ1) is 23.3. The van der Waals surface area contributed by atoms with Gasteiger partial charge in [-0.25, -0.2) is 9.97 Å². The molecule has 0 saturated carbocycles. The number of thiophene rings is 1. The van der Waals surface area contributed by atoms with Crippen molar-refractivity contribution in [3.8, 4) is 11.5 Å². The molecule has 184 valence electrons. The summed E-state index contributed by atoms with van der Waals surface area (Å²) >= 11 is 3.34. The van der Waals surface area contributed by atoms with E-state index in [-0.39, 0.29) is 12.7 Å². The van der Waals surface area contributed by atoms with Crippen molar-refractivity contribution in [3.63, 3.8) is 0 Å². The van der Waals surface area contributed by atoms with Crippen molar-refractivity contribution in [2.45, 2.75) is 50.1 Å². The highest BCUT2D eigenvalue weighted by atomic mass is 32.2. The van der Waals surface area contributed by atoms with Crippen LogP contribution in [0.2, 0.25) is 0 Å². The van der Waals surface area contributed by atoms with E-state index in [9.17, 15) is 4.79 Å². The zero-order valence-corrected chi connectivity index (χ0v) is 21.6. The molecule has 0 bridgehead atoms. The van der Waals surface area contributed by atoms with Crippen molar-refractivity contribution < 1.29 is 14.3 Å². The number of nitrogens with zero attached hydrogens (tertiary/aromatic N) is 2. The zero-order valence-electron chi connectivity index (χ0n) is 19.9. The molecule has 0 fully saturated rings. The van der Waals surface area contributed by atoms with E-state index in [0.717, 1.165) is 58.4 Å². The van der Waals surface area contributed by atoms with Gasteiger partial charge in [0.1, 0.15) is 15.7 Å². The summed E-state index contributed by atoms with van der Waals surface area (Å²) in [6.45, 7) is 0.695. The van der Waals surface area contributed by atoms with Crippen LogP contribution in [0.1, 0.15) is 40.2 Å². The first-order valence-electron chi connectivity index (χ1n) is 12.4. The number of amides is 1. The molecule has 8 heteroatoms. The van der Waals surface area contributed by atoms with Crippen LogP contribution >= 0.6 is 23.1 Å². The lowest BCUT2D eigenvalue weighted by Gasteiger charge is -2.12. The number of benzene rings is 2. The Kier molecular flexibility index (Phi) is 6.79. The number of hydrogen-bond donors (Lipinski definition) is 1. The summed E-state index contributed by atoms with van der Waals surface area (Å²) in [5, 5.41) is 5.15. The quantitative estimate of drug-likeness (QED) is 0.246. The third-order valence-corrected chi connectivity index (χ3v) is 8.74. The number of rotatable bonds is 8. The second kappa shape index (κ2) is 10.5. The van der Waals surface area contributed by atoms with Crippen LogP contribution in [0.25, 0.3) is 10.2 Å². The highest BCUT2D eigenvalue weighted by molar-refractivity contribution is 8.00. The highest BCUT2D eigenvalue weighted by Gasteiger charge is 2.22. The molecule has 0 saturated heterocycles. The first-order chi connectivity index (χ1) is 17.7. The van der Waals surface area contributed by atoms with Crippen LogP contribution < -0.4 is 14.8 Å². The molecule has 0 spiro atoms. The Balaban J connectivity index is 1.17. The Hall–Kier alpha value is -3.10. The summed E-state index contributed by atoms with van der Waals surface area (Å²) in [6, 6.07) is 16.2. The second-order valence-electron chi connectivity index (χ2n) is 9.07. The summed E-state index contributed by atoms with van der Waals surface area (Å²) in [6.07, 6.45) is 6.32. The molecule has 1 amide bonds. The van der Waals surface area contributed by atoms with Crippen molar-refractivity contribution in [3.05, 3.63) is 75.9 Å². The lowest BCUT2D eigenvalue weighted by molar-refractivity contribution is -0.118. The molecular formula is C28H27N3O3S2. The van der Waals surface area contributed by atoms with Crippen LogP contribution in [0, 0.1) is 0 Å². The average molecular weight is 518 g/mol. The van der Waals surface area contributed by atoms with Gasteiger partial charge < -0.3 is 14.8 Å². The Morgan fingerprint density at radius 2 is 1.83 bits per heavy atom. The Labute approximate surface area is 218 Å². The standard InChI is InChI=1S/C28H27N3O3S2/c32-25(29-15-19-10-12-21-22(14-19)34-17-33-21)16-35-27-26-20-8-4-5-9-23(20)36-28(26)31-24(30-27)13-11-18-6-2-1-3-7-18/h1-3,6-7,10,12,14H,4-5,8-9,11,13,15-17H2,(H,29,32). The summed E-state index contributed by atoms with van der Waals surface area (Å²) < 4.78 is 10.8. The lowest BCUT2D eigenvalue weighted by Crippen LogP contribution is -2.24. The van der Waals surface area contributed by atoms with E-state index in [4.69, 9.17) is 19.4 Å². The summed E-state index contributed by atoms with van der Waals surface area (Å²) in [4.78, 5) is 25.2. The molecule has 0 unspecified atom stereocenters. The summed E-state index contributed by atoms with van der Waals surface area (Å²) in [5.74, 6) is 2.63. The number of carbonyl (C=O) groups excluding carboxylic acids is 1. The number of aryl methyl sites for hydroxylation is 4. The maximum atomic E-state index is 12.8. The molecular weight excluding hydrogens is 490 g/mol. The molecule has 0 radical (unpaired) electrons. The molecule has 36 heavy (non-hydrogen) atoms. The van der Waals surface area contributed by atoms with Gasteiger partial charge in [0.05, 0.1) is 5.75 Å². The van der Waals surface area contributed by atoms with Gasteiger partial charge in [0.25, 0.3) is 0 Å². The largest absolute Gasteiger partial charge is 0.454 e. The third-order valence-electron chi connectivity index (χ3n) is 6.57. The van der Waals surface area contributed by atoms with Gasteiger partial charge >= 0.3 is 0 Å². The SMILES string of the molecule is O=C(CSc1nc(CCc2ccccc2)nc2sc3c(c12)CCCC3)NCc1ccc2c(c1)OCO2. The number of carbonyl (C=O) groups is 1. The monoisotopic (exact) mass is 517 g/mol. The molecule has 2 aromatic heterocycles. The molecule has 4 aromatic rings. The van der Waals surface area contributed by atoms with Gasteiger partial charge in [0.2, 0.25) is 12.7 Å². The van der Waals surface area contributed by atoms with Crippen molar-refractivity contribution in [1.82, 2.24) is 15.3 Å². The van der Waals surface area contributed by atoms with E-state index < -0.39 is 0 Å². The molecule has 1 aliphatic carbocycles. The van der Waals surface area contributed by atoms with Crippen molar-refractivity contribution in [2.75, 3.05) is 12.5 Å². The molecule has 2 aromatic carbocycles. The molecule has 6 rings (SSSR count). The molecule has 1 N–H and O–H groups in total. The van der Waals surface area contributed by atoms with E-state index in [1.165, 1.54) is 46.0 Å². The number of thioether (sulfide) groups is 1. The fraction of sp³-hybridized carbons (Fsp3) is 0.321. The highest BCUT2D eigenvalue weighted by Crippen LogP contribution is 2.40. The molecule has 3 heterocycles. The second-order valence-corrected chi connectivity index (χ2v) is 11.1. The summed E-state index contributed by atoms with van der Waals surface area (Å²) in [7, 11) is 0. The number of ether oxygens (including phenoxy) is 2. The van der Waals surface area contributed by atoms with Crippen LogP contribution in [0.4, 0.5) is 0 Å². The van der Waals surface area contributed by atoms with Crippen LogP contribution in [-0.2, 0) is 37.0 Å². The van der Waals surface area contributed by atoms with Gasteiger partial charge in [-0.05, 0) is 60.9 Å². The topological polar surface area (TPSA) is 73.3 Å². The van der Waals surface area contributed by atoms with Gasteiger partial charge in [-0.15, -0.1) is 11.3 Å². The first-order valence-corrected chi connectivity index (χ1v) is 14.2. The minimum absolute atomic E-state index is 0.0145. The number of hydrogen-bond acceptors (Lipinski definition) is 7. The van der Waals surface area contributed by atoms with E-state index in [0.29, 0.717) is 12.3 Å². The minimum Gasteiger partial charge on any atom is -0.454 e. The lowest BCUT2D eigenvalue weighted by atomic mass is 9.97. The van der Waals surface area contributed by atoms with E-state index in [1.54, 1.807) is 0 Å². The van der Waals surface area contributed by atoms with Gasteiger partial charge in [0.15, 0.2) is 11.5 Å². The van der Waals surface area contributed by atoms with Crippen molar-refractivity contribution in [2.24, 2.45) is 0 Å². The smallest absolute Gasteiger partial charge is 0.231 e. The number of aromatic nitrogens is 2. The Morgan fingerprint density at radius 1 is 0.972 bits per heavy atom. The Morgan fingerprint density at radius 3 is 2.75 bits per heavy atom. The van der Waals surface area contributed by atoms with Crippen molar-refractivity contribution >= 4 is 39.2 Å². The van der Waals surface area contributed by atoms with Crippen LogP contribution in [0.15, 0.2) is 53.6 Å². The Bertz CT molecular complexity index is 1400. The normalized spacial score (nSPS) is 14.1. The maximum Gasteiger partial charge on any atom is 0.231 e. The minimum atomic E-state index is -0.0145. The van der Waals surface area contributed by atoms with E-state index in [2.05, 4.69) is 29.6 Å². The van der Waals surface area contributed by atoms with Crippen LogP contribution in [0.5, 0.6) is 11.5 Å². The van der Waals surface area contributed by atoms with Gasteiger partial charge in [-0.2, -0.15) is 0 Å². The molecule has 2 aliphatic rings. The van der Waals surface area contributed by atoms with Gasteiger partial charge in [-0.1, -0.05) is 48.2 Å². The average Bonchev–Trinajstić information content (AvgIpc) is 3.54. The van der Waals surface area contributed by atoms with Crippen LogP contribution in [-0.4, -0.2) is 28.4 Å². The van der Waals surface area contributed by atoms with Gasteiger partial charge in [-0.3, -0.25) is 4.79 Å². The van der Waals surface area contributed by atoms with E-state index >= 15 is 0 Å². The number of fused-ring (bicyclic) bond motifs is 4. The van der Waals surface area contributed by atoms with Gasteiger partial charge in [0, 0.05) is 23.2 Å². The van der Waals surface area contributed by atoms with E-state index in [1.807, 2.05) is 35.6 Å². The molecule has 1 aliphatic heterocycles. The third kappa shape index (κ3) is 5.06. The molecule has 0 atom stereocenters. The number of nitrogens with one attached hydrogen (secondary N) is 1. The predicted molar refractivity (Wildman–Crippen MR) is 143 cm³/mol. The predicted octanol–water partition coefficient (Wildman–Crippen LogP) is 5.49. The van der Waals surface area contributed by atoms with Crippen LogP contribution in [0.3, 0.4) is 0 Å². The fourth-order valence-corrected chi connectivity index (χ4v) is 6.97. The fourth-order valence-electron chi connectivity index (χ4n) is 4.72. The molecule has 6 nitrogen and oxygen atoms in total. The summed E-state index contributed by atoms with van der Waals surface area (Å²) in [5.41, 5.74) is 3.67. The maximum absolute atomic E-state index is 12.8.